The maximum absolute atomic E-state index is 12.0. The van der Waals surface area contributed by atoms with Crippen LogP contribution in [0.4, 0.5) is 0 Å². The molecule has 1 aliphatic heterocycles. The average molecular weight is 241 g/mol. The summed E-state index contributed by atoms with van der Waals surface area (Å²) in [5.74, 6) is 0.259. The second kappa shape index (κ2) is 6.97. The van der Waals surface area contributed by atoms with Gasteiger partial charge in [0.25, 0.3) is 0 Å². The van der Waals surface area contributed by atoms with Crippen LogP contribution in [0.25, 0.3) is 0 Å². The summed E-state index contributed by atoms with van der Waals surface area (Å²) in [6.45, 7) is 10.1. The third-order valence-corrected chi connectivity index (χ3v) is 3.58. The molecule has 0 radical (unpaired) electrons. The molecule has 1 saturated heterocycles. The number of carbonyl (C=O) groups excluding carboxylic acids is 1. The minimum atomic E-state index is -0.0475. The molecule has 0 aromatic heterocycles. The molecule has 1 rings (SSSR count). The molecule has 0 saturated carbocycles. The lowest BCUT2D eigenvalue weighted by Gasteiger charge is -2.24. The molecule has 1 fully saturated rings. The molecule has 1 N–H and O–H groups in total. The second-order valence-corrected chi connectivity index (χ2v) is 5.28. The van der Waals surface area contributed by atoms with E-state index in [0.29, 0.717) is 6.04 Å². The van der Waals surface area contributed by atoms with E-state index in [1.54, 1.807) is 0 Å². The van der Waals surface area contributed by atoms with E-state index in [-0.39, 0.29) is 11.9 Å². The maximum atomic E-state index is 12.0. The smallest absolute Gasteiger partial charge is 0.239 e. The van der Waals surface area contributed by atoms with Gasteiger partial charge >= 0.3 is 0 Å². The minimum absolute atomic E-state index is 0.0475. The van der Waals surface area contributed by atoms with Gasteiger partial charge in [-0.3, -0.25) is 4.79 Å². The van der Waals surface area contributed by atoms with Crippen molar-refractivity contribution >= 4 is 5.91 Å². The molecule has 1 heterocycles. The number of amides is 1. The first kappa shape index (κ1) is 14.5. The highest BCUT2D eigenvalue weighted by Crippen LogP contribution is 2.08. The van der Waals surface area contributed by atoms with Gasteiger partial charge < -0.3 is 15.1 Å². The maximum Gasteiger partial charge on any atom is 0.239 e. The number of nitrogens with zero attached hydrogens (tertiary/aromatic N) is 2. The third-order valence-electron chi connectivity index (χ3n) is 3.58. The summed E-state index contributed by atoms with van der Waals surface area (Å²) in [6.07, 6.45) is 2.32. The number of hydrogen-bond acceptors (Lipinski definition) is 3. The lowest BCUT2D eigenvalue weighted by molar-refractivity contribution is -0.131. The summed E-state index contributed by atoms with van der Waals surface area (Å²) < 4.78 is 0. The molecular weight excluding hydrogens is 214 g/mol. The van der Waals surface area contributed by atoms with Gasteiger partial charge in [0, 0.05) is 32.2 Å². The van der Waals surface area contributed by atoms with Crippen LogP contribution in [0.2, 0.25) is 0 Å². The van der Waals surface area contributed by atoms with Crippen molar-refractivity contribution in [1.29, 1.82) is 0 Å². The van der Waals surface area contributed by atoms with E-state index >= 15 is 0 Å². The van der Waals surface area contributed by atoms with E-state index < -0.39 is 0 Å². The lowest BCUT2D eigenvalue weighted by Crippen LogP contribution is -2.46. The fourth-order valence-electron chi connectivity index (χ4n) is 2.01. The molecule has 0 aromatic rings. The van der Waals surface area contributed by atoms with Crippen LogP contribution >= 0.6 is 0 Å². The Balaban J connectivity index is 2.20. The summed E-state index contributed by atoms with van der Waals surface area (Å²) in [5.41, 5.74) is 0. The predicted molar refractivity (Wildman–Crippen MR) is 71.0 cm³/mol. The molecule has 0 bridgehead atoms. The number of carbonyl (C=O) groups is 1. The van der Waals surface area contributed by atoms with Gasteiger partial charge in [0.05, 0.1) is 6.04 Å². The van der Waals surface area contributed by atoms with Gasteiger partial charge in [-0.1, -0.05) is 0 Å². The van der Waals surface area contributed by atoms with Gasteiger partial charge in [-0.05, 0) is 40.7 Å². The number of nitrogens with one attached hydrogen (secondary N) is 1. The summed E-state index contributed by atoms with van der Waals surface area (Å²) in [7, 11) is 2.11. The van der Waals surface area contributed by atoms with Crippen LogP contribution in [0.5, 0.6) is 0 Å². The summed E-state index contributed by atoms with van der Waals surface area (Å²) >= 11 is 0. The first-order valence-corrected chi connectivity index (χ1v) is 6.74. The van der Waals surface area contributed by atoms with Crippen molar-refractivity contribution in [2.24, 2.45) is 0 Å². The molecule has 4 nitrogen and oxygen atoms in total. The zero-order chi connectivity index (χ0) is 12.8. The fraction of sp³-hybridized carbons (Fsp3) is 0.923. The van der Waals surface area contributed by atoms with Crippen LogP contribution in [-0.2, 0) is 4.79 Å². The number of likely N-dealkylation sites (N-methyl/N-ethyl adjacent to an activating group) is 1. The Morgan fingerprint density at radius 2 is 1.88 bits per heavy atom. The number of hydrogen-bond donors (Lipinski definition) is 1. The third kappa shape index (κ3) is 4.64. The van der Waals surface area contributed by atoms with Crippen LogP contribution in [0.1, 0.15) is 33.6 Å². The Morgan fingerprint density at radius 1 is 1.29 bits per heavy atom. The van der Waals surface area contributed by atoms with Crippen LogP contribution < -0.4 is 5.32 Å². The molecule has 0 aliphatic carbocycles. The first-order valence-electron chi connectivity index (χ1n) is 6.74. The zero-order valence-corrected chi connectivity index (χ0v) is 11.7. The van der Waals surface area contributed by atoms with Crippen molar-refractivity contribution in [3.63, 3.8) is 0 Å². The highest BCUT2D eigenvalue weighted by molar-refractivity contribution is 5.81. The van der Waals surface area contributed by atoms with Crippen molar-refractivity contribution in [2.45, 2.75) is 45.7 Å². The highest BCUT2D eigenvalue weighted by atomic mass is 16.2. The molecule has 4 heteroatoms. The highest BCUT2D eigenvalue weighted by Gasteiger charge is 2.22. The zero-order valence-electron chi connectivity index (χ0n) is 11.7. The van der Waals surface area contributed by atoms with E-state index in [9.17, 15) is 4.79 Å². The van der Waals surface area contributed by atoms with Crippen LogP contribution in [0.3, 0.4) is 0 Å². The number of rotatable bonds is 6. The molecule has 0 aromatic carbocycles. The SMILES string of the molecule is CC(NCCN(C)C(C)C)C(=O)N1CCCC1. The molecular formula is C13H27N3O. The Bertz CT molecular complexity index is 237. The van der Waals surface area contributed by atoms with E-state index in [1.165, 1.54) is 0 Å². The quantitative estimate of drug-likeness (QED) is 0.751. The second-order valence-electron chi connectivity index (χ2n) is 5.28. The average Bonchev–Trinajstić information content (AvgIpc) is 2.80. The van der Waals surface area contributed by atoms with E-state index in [1.807, 2.05) is 11.8 Å². The van der Waals surface area contributed by atoms with Crippen molar-refractivity contribution in [2.75, 3.05) is 33.2 Å². The van der Waals surface area contributed by atoms with Gasteiger partial charge in [-0.25, -0.2) is 0 Å². The summed E-state index contributed by atoms with van der Waals surface area (Å²) in [4.78, 5) is 16.3. The van der Waals surface area contributed by atoms with Crippen molar-refractivity contribution in [3.8, 4) is 0 Å². The topological polar surface area (TPSA) is 35.6 Å². The van der Waals surface area contributed by atoms with Gasteiger partial charge in [-0.15, -0.1) is 0 Å². The fourth-order valence-corrected chi connectivity index (χ4v) is 2.01. The molecule has 1 amide bonds. The molecule has 100 valence electrons. The Kier molecular flexibility index (Phi) is 5.92. The summed E-state index contributed by atoms with van der Waals surface area (Å²) in [5, 5.41) is 3.31. The van der Waals surface area contributed by atoms with Crippen LogP contribution in [0.15, 0.2) is 0 Å². The molecule has 1 unspecified atom stereocenters. The van der Waals surface area contributed by atoms with Crippen molar-refractivity contribution in [3.05, 3.63) is 0 Å². The predicted octanol–water partition coefficient (Wildman–Crippen LogP) is 0.927. The van der Waals surface area contributed by atoms with E-state index in [0.717, 1.165) is 39.0 Å². The van der Waals surface area contributed by atoms with E-state index in [4.69, 9.17) is 0 Å². The van der Waals surface area contributed by atoms with Crippen molar-refractivity contribution in [1.82, 2.24) is 15.1 Å². The van der Waals surface area contributed by atoms with Gasteiger partial charge in [0.2, 0.25) is 5.91 Å². The van der Waals surface area contributed by atoms with Gasteiger partial charge in [0.1, 0.15) is 0 Å². The Morgan fingerprint density at radius 3 is 2.41 bits per heavy atom. The van der Waals surface area contributed by atoms with Gasteiger partial charge in [-0.2, -0.15) is 0 Å². The van der Waals surface area contributed by atoms with Crippen LogP contribution in [0, 0.1) is 0 Å². The Hall–Kier alpha value is -0.610. The minimum Gasteiger partial charge on any atom is -0.341 e. The standard InChI is InChI=1S/C13H27N3O/c1-11(2)15(4)10-7-14-12(3)13(17)16-8-5-6-9-16/h11-12,14H,5-10H2,1-4H3. The van der Waals surface area contributed by atoms with Gasteiger partial charge in [0.15, 0.2) is 0 Å². The lowest BCUT2D eigenvalue weighted by atomic mass is 10.3. The molecule has 17 heavy (non-hydrogen) atoms. The van der Waals surface area contributed by atoms with Crippen LogP contribution in [-0.4, -0.2) is 61.0 Å². The van der Waals surface area contributed by atoms with E-state index in [2.05, 4.69) is 31.1 Å². The molecule has 1 aliphatic rings. The first-order chi connectivity index (χ1) is 8.02. The van der Waals surface area contributed by atoms with Crippen molar-refractivity contribution < 1.29 is 4.79 Å². The summed E-state index contributed by atoms with van der Waals surface area (Å²) in [6, 6.07) is 0.509. The molecule has 0 spiro atoms. The number of likely N-dealkylation sites (tertiary alicyclic amines) is 1. The normalized spacial score (nSPS) is 18.1. The Labute approximate surface area is 105 Å². The monoisotopic (exact) mass is 241 g/mol. The molecule has 1 atom stereocenters. The largest absolute Gasteiger partial charge is 0.341 e.